The molecule has 5 heteroatoms. The minimum Gasteiger partial charge on any atom is -0.215 e. The Morgan fingerprint density at radius 2 is 1.88 bits per heavy atom. The third-order valence-corrected chi connectivity index (χ3v) is 3.90. The van der Waals surface area contributed by atoms with Crippen LogP contribution in [-0.2, 0) is 15.4 Å². The minimum atomic E-state index is -3.11. The Balaban J connectivity index is 2.11. The first-order chi connectivity index (χ1) is 7.41. The fourth-order valence-electron chi connectivity index (χ4n) is 1.79. The predicted octanol–water partition coefficient (Wildman–Crippen LogP) is 1.92. The molecule has 0 atom stereocenters. The lowest BCUT2D eigenvalue weighted by Gasteiger charge is -2.15. The quantitative estimate of drug-likeness (QED) is 0.898. The molecule has 1 aromatic rings. The van der Waals surface area contributed by atoms with Crippen LogP contribution in [0.3, 0.4) is 0 Å². The van der Waals surface area contributed by atoms with Crippen LogP contribution in [0.15, 0.2) is 24.3 Å². The normalized spacial score (nSPS) is 18.4. The molecule has 0 amide bonds. The molecule has 1 aromatic carbocycles. The summed E-state index contributed by atoms with van der Waals surface area (Å²) in [4.78, 5) is 0. The summed E-state index contributed by atoms with van der Waals surface area (Å²) in [5.74, 6) is 0. The van der Waals surface area contributed by atoms with Crippen molar-refractivity contribution in [3.8, 4) is 0 Å². The van der Waals surface area contributed by atoms with Crippen LogP contribution in [0, 0.1) is 0 Å². The van der Waals surface area contributed by atoms with Gasteiger partial charge in [-0.2, -0.15) is 0 Å². The molecule has 2 rings (SSSR count). The van der Waals surface area contributed by atoms with Crippen molar-refractivity contribution in [1.82, 2.24) is 4.72 Å². The summed E-state index contributed by atoms with van der Waals surface area (Å²) >= 11 is 5.82. The summed E-state index contributed by atoms with van der Waals surface area (Å²) in [6.07, 6.45) is 3.24. The Labute approximate surface area is 101 Å². The van der Waals surface area contributed by atoms with Crippen LogP contribution in [-0.4, -0.2) is 21.2 Å². The van der Waals surface area contributed by atoms with Gasteiger partial charge in [0.1, 0.15) is 0 Å². The smallest absolute Gasteiger partial charge is 0.208 e. The van der Waals surface area contributed by atoms with Crippen molar-refractivity contribution in [2.45, 2.75) is 18.3 Å². The van der Waals surface area contributed by atoms with Crippen molar-refractivity contribution in [2.75, 3.05) is 12.8 Å². The lowest BCUT2D eigenvalue weighted by molar-refractivity contribution is 0.573. The summed E-state index contributed by atoms with van der Waals surface area (Å²) in [6, 6.07) is 7.63. The van der Waals surface area contributed by atoms with Gasteiger partial charge in [0.15, 0.2) is 0 Å². The molecule has 3 nitrogen and oxygen atoms in total. The number of hydrogen-bond donors (Lipinski definition) is 1. The van der Waals surface area contributed by atoms with E-state index in [1.165, 1.54) is 6.26 Å². The SMILES string of the molecule is CS(=O)(=O)NCC1(c2ccc(Cl)cc2)CC1. The van der Waals surface area contributed by atoms with E-state index >= 15 is 0 Å². The highest BCUT2D eigenvalue weighted by atomic mass is 35.5. The fraction of sp³-hybridized carbons (Fsp3) is 0.455. The summed E-state index contributed by atoms with van der Waals surface area (Å²) in [7, 11) is -3.11. The van der Waals surface area contributed by atoms with Crippen LogP contribution in [0.25, 0.3) is 0 Å². The first kappa shape index (κ1) is 11.9. The van der Waals surface area contributed by atoms with Gasteiger partial charge in [-0.25, -0.2) is 13.1 Å². The molecule has 0 saturated heterocycles. The second kappa shape index (κ2) is 4.02. The highest BCUT2D eigenvalue weighted by Gasteiger charge is 2.44. The lowest BCUT2D eigenvalue weighted by atomic mass is 9.96. The molecule has 1 N–H and O–H groups in total. The molecule has 1 saturated carbocycles. The fourth-order valence-corrected chi connectivity index (χ4v) is 2.46. The van der Waals surface area contributed by atoms with Crippen LogP contribution in [0.2, 0.25) is 5.02 Å². The van der Waals surface area contributed by atoms with Crippen LogP contribution >= 0.6 is 11.6 Å². The van der Waals surface area contributed by atoms with Gasteiger partial charge in [0.2, 0.25) is 10.0 Å². The van der Waals surface area contributed by atoms with Gasteiger partial charge in [0, 0.05) is 17.0 Å². The summed E-state index contributed by atoms with van der Waals surface area (Å²) in [6.45, 7) is 0.480. The monoisotopic (exact) mass is 259 g/mol. The molecule has 88 valence electrons. The van der Waals surface area contributed by atoms with Gasteiger partial charge in [-0.3, -0.25) is 0 Å². The molecule has 0 spiro atoms. The van der Waals surface area contributed by atoms with Crippen molar-refractivity contribution in [1.29, 1.82) is 0 Å². The average Bonchev–Trinajstić information content (AvgIpc) is 2.96. The van der Waals surface area contributed by atoms with Crippen LogP contribution in [0.4, 0.5) is 0 Å². The second-order valence-corrected chi connectivity index (χ2v) is 6.65. The summed E-state index contributed by atoms with van der Waals surface area (Å²) < 4.78 is 24.7. The highest BCUT2D eigenvalue weighted by Crippen LogP contribution is 2.47. The molecule has 0 heterocycles. The second-order valence-electron chi connectivity index (χ2n) is 4.38. The number of hydrogen-bond acceptors (Lipinski definition) is 2. The topological polar surface area (TPSA) is 46.2 Å². The van der Waals surface area contributed by atoms with Gasteiger partial charge < -0.3 is 0 Å². The van der Waals surface area contributed by atoms with E-state index < -0.39 is 10.0 Å². The van der Waals surface area contributed by atoms with E-state index in [4.69, 9.17) is 11.6 Å². The van der Waals surface area contributed by atoms with Crippen LogP contribution in [0.5, 0.6) is 0 Å². The average molecular weight is 260 g/mol. The maximum Gasteiger partial charge on any atom is 0.208 e. The molecule has 0 aromatic heterocycles. The Kier molecular flexibility index (Phi) is 2.99. The van der Waals surface area contributed by atoms with E-state index in [1.54, 1.807) is 0 Å². The minimum absolute atomic E-state index is 0.00628. The van der Waals surface area contributed by atoms with Crippen LogP contribution in [0.1, 0.15) is 18.4 Å². The number of benzene rings is 1. The van der Waals surface area contributed by atoms with Gasteiger partial charge in [-0.15, -0.1) is 0 Å². The molecule has 1 aliphatic carbocycles. The molecule has 0 bridgehead atoms. The molecule has 1 aliphatic rings. The van der Waals surface area contributed by atoms with Crippen molar-refractivity contribution in [3.63, 3.8) is 0 Å². The van der Waals surface area contributed by atoms with E-state index in [1.807, 2.05) is 24.3 Å². The third kappa shape index (κ3) is 2.75. The van der Waals surface area contributed by atoms with E-state index in [0.29, 0.717) is 11.6 Å². The van der Waals surface area contributed by atoms with Gasteiger partial charge in [0.05, 0.1) is 6.26 Å². The van der Waals surface area contributed by atoms with Crippen molar-refractivity contribution in [2.24, 2.45) is 0 Å². The largest absolute Gasteiger partial charge is 0.215 e. The summed E-state index contributed by atoms with van der Waals surface area (Å²) in [5.41, 5.74) is 1.15. The van der Waals surface area contributed by atoms with Gasteiger partial charge in [0.25, 0.3) is 0 Å². The molecular formula is C11H14ClNO2S. The van der Waals surface area contributed by atoms with E-state index in [2.05, 4.69) is 4.72 Å². The van der Waals surface area contributed by atoms with Crippen molar-refractivity contribution < 1.29 is 8.42 Å². The molecule has 1 fully saturated rings. The van der Waals surface area contributed by atoms with Crippen LogP contribution < -0.4 is 4.72 Å². The highest BCUT2D eigenvalue weighted by molar-refractivity contribution is 7.88. The molecule has 0 radical (unpaired) electrons. The van der Waals surface area contributed by atoms with Gasteiger partial charge >= 0.3 is 0 Å². The van der Waals surface area contributed by atoms with Gasteiger partial charge in [-0.1, -0.05) is 23.7 Å². The maximum absolute atomic E-state index is 11.1. The standard InChI is InChI=1S/C11H14ClNO2S/c1-16(14,15)13-8-11(6-7-11)9-2-4-10(12)5-3-9/h2-5,13H,6-8H2,1H3. The zero-order chi connectivity index (χ0) is 11.8. The number of rotatable bonds is 4. The zero-order valence-corrected chi connectivity index (χ0v) is 10.6. The summed E-state index contributed by atoms with van der Waals surface area (Å²) in [5, 5.41) is 0.704. The first-order valence-corrected chi connectivity index (χ1v) is 7.39. The number of sulfonamides is 1. The Hall–Kier alpha value is -0.580. The van der Waals surface area contributed by atoms with Crippen molar-refractivity contribution >= 4 is 21.6 Å². The molecular weight excluding hydrogens is 246 g/mol. The lowest BCUT2D eigenvalue weighted by Crippen LogP contribution is -2.31. The van der Waals surface area contributed by atoms with E-state index in [0.717, 1.165) is 18.4 Å². The number of nitrogens with one attached hydrogen (secondary N) is 1. The van der Waals surface area contributed by atoms with E-state index in [9.17, 15) is 8.42 Å². The third-order valence-electron chi connectivity index (χ3n) is 2.98. The predicted molar refractivity (Wildman–Crippen MR) is 65.2 cm³/mol. The Morgan fingerprint density at radius 1 is 1.31 bits per heavy atom. The Bertz CT molecular complexity index is 477. The first-order valence-electron chi connectivity index (χ1n) is 5.12. The van der Waals surface area contributed by atoms with E-state index in [-0.39, 0.29) is 5.41 Å². The van der Waals surface area contributed by atoms with Crippen molar-refractivity contribution in [3.05, 3.63) is 34.9 Å². The zero-order valence-electron chi connectivity index (χ0n) is 9.03. The Morgan fingerprint density at radius 3 is 2.31 bits per heavy atom. The molecule has 0 aliphatic heterocycles. The molecule has 0 unspecified atom stereocenters. The number of halogens is 1. The van der Waals surface area contributed by atoms with Gasteiger partial charge in [-0.05, 0) is 30.5 Å². The maximum atomic E-state index is 11.1. The molecule has 16 heavy (non-hydrogen) atoms.